The minimum Gasteiger partial charge on any atom is -0.493 e. The van der Waals surface area contributed by atoms with E-state index >= 15 is 0 Å². The summed E-state index contributed by atoms with van der Waals surface area (Å²) in [6, 6.07) is 6.17. The Morgan fingerprint density at radius 2 is 1.97 bits per heavy atom. The van der Waals surface area contributed by atoms with Crippen LogP contribution in [0, 0.1) is 11.6 Å². The number of rotatable bonds is 4. The highest BCUT2D eigenvalue weighted by atomic mass is 35.5. The number of aromatic hydroxyl groups is 1. The lowest BCUT2D eigenvalue weighted by molar-refractivity contribution is 0.420. The van der Waals surface area contributed by atoms with Crippen molar-refractivity contribution in [1.29, 1.82) is 0 Å². The number of aliphatic imine (C=N–C) groups is 1. The summed E-state index contributed by atoms with van der Waals surface area (Å²) < 4.78 is 51.7. The van der Waals surface area contributed by atoms with Gasteiger partial charge in [0.25, 0.3) is 0 Å². The number of H-pyrrole nitrogens is 1. The SMILES string of the molecule is CS(=O)(=O)c1c(Cl)ccc2c1N=C/C2=C\c1[nH]c(=O)n(Cc2ccc(F)c(F)c2)c1O. The van der Waals surface area contributed by atoms with Crippen molar-refractivity contribution in [2.24, 2.45) is 4.99 Å². The van der Waals surface area contributed by atoms with Crippen LogP contribution in [0.5, 0.6) is 5.88 Å². The maximum atomic E-state index is 13.4. The molecular weight excluding hydrogens is 452 g/mol. The zero-order chi connectivity index (χ0) is 22.5. The van der Waals surface area contributed by atoms with Gasteiger partial charge in [-0.15, -0.1) is 0 Å². The second-order valence-electron chi connectivity index (χ2n) is 6.90. The Labute approximate surface area is 179 Å². The molecule has 160 valence electrons. The van der Waals surface area contributed by atoms with Crippen molar-refractivity contribution in [3.05, 3.63) is 74.3 Å². The molecule has 2 N–H and O–H groups in total. The third kappa shape index (κ3) is 3.79. The summed E-state index contributed by atoms with van der Waals surface area (Å²) in [7, 11) is -3.65. The summed E-state index contributed by atoms with van der Waals surface area (Å²) in [6.07, 6.45) is 3.83. The molecule has 31 heavy (non-hydrogen) atoms. The third-order valence-corrected chi connectivity index (χ3v) is 6.29. The van der Waals surface area contributed by atoms with Crippen LogP contribution < -0.4 is 5.69 Å². The van der Waals surface area contributed by atoms with E-state index in [4.69, 9.17) is 11.6 Å². The number of imidazole rings is 1. The van der Waals surface area contributed by atoms with E-state index in [1.807, 2.05) is 0 Å². The topological polar surface area (TPSA) is 105 Å². The number of hydrogen-bond acceptors (Lipinski definition) is 5. The molecule has 1 aliphatic rings. The molecule has 0 unspecified atom stereocenters. The van der Waals surface area contributed by atoms with E-state index < -0.39 is 33.0 Å². The minimum atomic E-state index is -3.65. The van der Waals surface area contributed by atoms with Crippen LogP contribution in [0.15, 0.2) is 45.0 Å². The molecule has 4 rings (SSSR count). The Morgan fingerprint density at radius 1 is 1.23 bits per heavy atom. The van der Waals surface area contributed by atoms with Crippen molar-refractivity contribution < 1.29 is 22.3 Å². The second-order valence-corrected chi connectivity index (χ2v) is 9.26. The van der Waals surface area contributed by atoms with Crippen molar-refractivity contribution in [3.8, 4) is 5.88 Å². The summed E-state index contributed by atoms with van der Waals surface area (Å²) >= 11 is 6.03. The number of aromatic nitrogens is 2. The molecule has 1 aromatic heterocycles. The lowest BCUT2D eigenvalue weighted by Crippen LogP contribution is -2.17. The lowest BCUT2D eigenvalue weighted by Gasteiger charge is -2.07. The molecule has 11 heteroatoms. The van der Waals surface area contributed by atoms with E-state index in [1.165, 1.54) is 24.4 Å². The molecule has 2 aromatic carbocycles. The summed E-state index contributed by atoms with van der Waals surface area (Å²) in [6.45, 7) is -0.194. The van der Waals surface area contributed by atoms with Crippen molar-refractivity contribution in [2.45, 2.75) is 11.4 Å². The first-order valence-electron chi connectivity index (χ1n) is 8.80. The average Bonchev–Trinajstić information content (AvgIpc) is 3.19. The number of fused-ring (bicyclic) bond motifs is 1. The monoisotopic (exact) mass is 465 g/mol. The summed E-state index contributed by atoms with van der Waals surface area (Å²) in [5.41, 5.74) is 0.709. The smallest absolute Gasteiger partial charge is 0.329 e. The van der Waals surface area contributed by atoms with Gasteiger partial charge < -0.3 is 10.1 Å². The van der Waals surface area contributed by atoms with Gasteiger partial charge in [-0.1, -0.05) is 23.7 Å². The molecule has 7 nitrogen and oxygen atoms in total. The summed E-state index contributed by atoms with van der Waals surface area (Å²) in [5, 5.41) is 10.5. The van der Waals surface area contributed by atoms with Gasteiger partial charge in [-0.3, -0.25) is 9.56 Å². The molecule has 0 saturated heterocycles. The van der Waals surface area contributed by atoms with Crippen molar-refractivity contribution >= 4 is 45.0 Å². The highest BCUT2D eigenvalue weighted by Gasteiger charge is 2.25. The number of sulfone groups is 1. The molecule has 1 aliphatic heterocycles. The van der Waals surface area contributed by atoms with Crippen LogP contribution in [0.4, 0.5) is 14.5 Å². The standard InChI is InChI=1S/C20H14ClF2N3O4S/c1-31(29,30)18-13(21)4-3-12-11(8-24-17(12)18)7-16-19(27)26(20(28)25-16)9-10-2-5-14(22)15(23)6-10/h2-8,27H,9H2,1H3,(H,25,28)/b11-7+. The molecule has 0 aliphatic carbocycles. The van der Waals surface area contributed by atoms with E-state index in [0.29, 0.717) is 11.1 Å². The molecule has 0 fully saturated rings. The molecule has 0 amide bonds. The molecule has 0 atom stereocenters. The Balaban J connectivity index is 1.74. The first-order chi connectivity index (χ1) is 14.6. The fourth-order valence-electron chi connectivity index (χ4n) is 3.28. The predicted octanol–water partition coefficient (Wildman–Crippen LogP) is 3.52. The number of nitrogens with zero attached hydrogens (tertiary/aromatic N) is 2. The normalized spacial score (nSPS) is 14.4. The zero-order valence-corrected chi connectivity index (χ0v) is 17.4. The zero-order valence-electron chi connectivity index (χ0n) is 15.9. The molecule has 3 aromatic rings. The van der Waals surface area contributed by atoms with E-state index in [9.17, 15) is 27.1 Å². The van der Waals surface area contributed by atoms with Gasteiger partial charge in [-0.2, -0.15) is 0 Å². The van der Waals surface area contributed by atoms with Crippen LogP contribution in [-0.2, 0) is 16.4 Å². The van der Waals surface area contributed by atoms with Crippen LogP contribution in [0.3, 0.4) is 0 Å². The molecule has 2 heterocycles. The van der Waals surface area contributed by atoms with Crippen LogP contribution in [0.25, 0.3) is 11.6 Å². The van der Waals surface area contributed by atoms with Gasteiger partial charge in [-0.05, 0) is 29.8 Å². The first kappa shape index (κ1) is 21.0. The molecule has 0 radical (unpaired) electrons. The van der Waals surface area contributed by atoms with Gasteiger partial charge in [-0.25, -0.2) is 22.0 Å². The highest BCUT2D eigenvalue weighted by Crippen LogP contribution is 2.41. The molecule has 0 bridgehead atoms. The van der Waals surface area contributed by atoms with Crippen molar-refractivity contribution in [1.82, 2.24) is 9.55 Å². The fourth-order valence-corrected chi connectivity index (χ4v) is 4.79. The lowest BCUT2D eigenvalue weighted by atomic mass is 10.1. The van der Waals surface area contributed by atoms with Gasteiger partial charge in [0.2, 0.25) is 5.88 Å². The van der Waals surface area contributed by atoms with E-state index in [-0.39, 0.29) is 33.4 Å². The number of nitrogens with one attached hydrogen (secondary N) is 1. The van der Waals surface area contributed by atoms with E-state index in [2.05, 4.69) is 9.98 Å². The van der Waals surface area contributed by atoms with Gasteiger partial charge in [0, 0.05) is 23.6 Å². The largest absolute Gasteiger partial charge is 0.493 e. The summed E-state index contributed by atoms with van der Waals surface area (Å²) in [5.74, 6) is -2.52. The van der Waals surface area contributed by atoms with E-state index in [0.717, 1.165) is 23.0 Å². The minimum absolute atomic E-state index is 0.0357. The summed E-state index contributed by atoms with van der Waals surface area (Å²) in [4.78, 5) is 18.8. The predicted molar refractivity (Wildman–Crippen MR) is 113 cm³/mol. The quantitative estimate of drug-likeness (QED) is 0.615. The van der Waals surface area contributed by atoms with Gasteiger partial charge in [0.15, 0.2) is 21.5 Å². The molecular formula is C20H14ClF2N3O4S. The Morgan fingerprint density at radius 3 is 2.65 bits per heavy atom. The third-order valence-electron chi connectivity index (χ3n) is 4.71. The van der Waals surface area contributed by atoms with Gasteiger partial charge in [0.1, 0.15) is 10.6 Å². The van der Waals surface area contributed by atoms with Crippen LogP contribution in [0.2, 0.25) is 5.02 Å². The Hall–Kier alpha value is -3.24. The van der Waals surface area contributed by atoms with Crippen LogP contribution >= 0.6 is 11.6 Å². The van der Waals surface area contributed by atoms with E-state index in [1.54, 1.807) is 6.07 Å². The number of hydrogen-bond donors (Lipinski definition) is 2. The second kappa shape index (κ2) is 7.47. The number of halogens is 3. The number of aromatic amines is 1. The van der Waals surface area contributed by atoms with Crippen molar-refractivity contribution in [3.63, 3.8) is 0 Å². The molecule has 0 spiro atoms. The first-order valence-corrected chi connectivity index (χ1v) is 11.1. The van der Waals surface area contributed by atoms with Crippen LogP contribution in [0.1, 0.15) is 16.8 Å². The van der Waals surface area contributed by atoms with Gasteiger partial charge in [0.05, 0.1) is 17.3 Å². The Bertz CT molecular complexity index is 1460. The van der Waals surface area contributed by atoms with Crippen molar-refractivity contribution in [2.75, 3.05) is 6.26 Å². The highest BCUT2D eigenvalue weighted by molar-refractivity contribution is 7.91. The van der Waals surface area contributed by atoms with Crippen LogP contribution in [-0.4, -0.2) is 35.5 Å². The average molecular weight is 466 g/mol. The molecule has 0 saturated carbocycles. The number of benzene rings is 2. The maximum Gasteiger partial charge on any atom is 0.329 e. The fraction of sp³-hybridized carbons (Fsp3) is 0.100. The number of allylic oxidation sites excluding steroid dienone is 1. The maximum absolute atomic E-state index is 13.4. The Kier molecular flexibility index (Phi) is 5.06. The van der Waals surface area contributed by atoms with Gasteiger partial charge >= 0.3 is 5.69 Å².